The summed E-state index contributed by atoms with van der Waals surface area (Å²) >= 11 is 0. The van der Waals surface area contributed by atoms with Gasteiger partial charge in [-0.2, -0.15) is 0 Å². The number of phenolic OH excluding ortho intramolecular Hbond substituents is 1. The Balaban J connectivity index is 1.94. The minimum atomic E-state index is -2.21. The number of ketones is 2. The molecule has 9 heteroatoms. The van der Waals surface area contributed by atoms with Gasteiger partial charge in [-0.1, -0.05) is 12.1 Å². The highest BCUT2D eigenvalue weighted by Gasteiger charge is 2.60. The number of carbonyl (C=O) groups excluding carboxylic acids is 2. The molecular formula is C20H20O9. The lowest BCUT2D eigenvalue weighted by atomic mass is 9.73. The molecule has 2 heterocycles. The first-order valence-corrected chi connectivity index (χ1v) is 9.24. The van der Waals surface area contributed by atoms with Crippen molar-refractivity contribution in [3.8, 4) is 5.75 Å². The minimum Gasteiger partial charge on any atom is -0.507 e. The molecule has 4 rings (SSSR count). The summed E-state index contributed by atoms with van der Waals surface area (Å²) < 4.78 is 11.6. The zero-order valence-electron chi connectivity index (χ0n) is 15.5. The number of aliphatic hydroxyl groups is 2. The van der Waals surface area contributed by atoms with Crippen molar-refractivity contribution in [2.45, 2.75) is 56.4 Å². The first-order chi connectivity index (χ1) is 13.7. The number of aliphatic hydroxyl groups excluding tert-OH is 2. The van der Waals surface area contributed by atoms with Gasteiger partial charge < -0.3 is 29.9 Å². The van der Waals surface area contributed by atoms with Crippen LogP contribution in [-0.2, 0) is 14.3 Å². The van der Waals surface area contributed by atoms with Gasteiger partial charge in [0.25, 0.3) is 0 Å². The van der Waals surface area contributed by atoms with Crippen molar-refractivity contribution >= 4 is 17.5 Å². The van der Waals surface area contributed by atoms with Gasteiger partial charge in [-0.05, 0) is 13.0 Å². The third kappa shape index (κ3) is 2.89. The van der Waals surface area contributed by atoms with Gasteiger partial charge in [0, 0.05) is 24.0 Å². The van der Waals surface area contributed by atoms with Gasteiger partial charge in [-0.3, -0.25) is 14.4 Å². The fourth-order valence-electron chi connectivity index (χ4n) is 4.40. The zero-order valence-corrected chi connectivity index (χ0v) is 15.5. The van der Waals surface area contributed by atoms with E-state index in [1.165, 1.54) is 18.2 Å². The first kappa shape index (κ1) is 19.7. The van der Waals surface area contributed by atoms with Crippen molar-refractivity contribution in [1.82, 2.24) is 0 Å². The SMILES string of the molecule is C[C@H]1C[C@H](O)[C@H](O)[C@]2(O[C@@H](CC(=O)O)CC3=C2C(=O)c2c(O)cccc2C3=O)O1. The molecule has 29 heavy (non-hydrogen) atoms. The van der Waals surface area contributed by atoms with E-state index in [2.05, 4.69) is 0 Å². The van der Waals surface area contributed by atoms with Crippen LogP contribution in [0.1, 0.15) is 46.9 Å². The molecule has 154 valence electrons. The summed E-state index contributed by atoms with van der Waals surface area (Å²) in [7, 11) is 0. The van der Waals surface area contributed by atoms with Crippen molar-refractivity contribution in [3.63, 3.8) is 0 Å². The third-order valence-corrected chi connectivity index (χ3v) is 5.54. The Morgan fingerprint density at radius 3 is 2.62 bits per heavy atom. The van der Waals surface area contributed by atoms with Crippen LogP contribution in [0.2, 0.25) is 0 Å². The summed E-state index contributed by atoms with van der Waals surface area (Å²) in [4.78, 5) is 37.8. The largest absolute Gasteiger partial charge is 0.507 e. The summed E-state index contributed by atoms with van der Waals surface area (Å²) in [5, 5.41) is 40.5. The fraction of sp³-hybridized carbons (Fsp3) is 0.450. The molecule has 4 N–H and O–H groups in total. The quantitative estimate of drug-likeness (QED) is 0.554. The molecule has 0 aromatic heterocycles. The van der Waals surface area contributed by atoms with Crippen LogP contribution in [0.4, 0.5) is 0 Å². The molecule has 1 fully saturated rings. The predicted octanol–water partition coefficient (Wildman–Crippen LogP) is 0.558. The Kier molecular flexibility index (Phi) is 4.58. The van der Waals surface area contributed by atoms with Crippen LogP contribution in [0.25, 0.3) is 0 Å². The number of hydrogen-bond acceptors (Lipinski definition) is 8. The Morgan fingerprint density at radius 1 is 1.21 bits per heavy atom. The van der Waals surface area contributed by atoms with E-state index in [0.29, 0.717) is 0 Å². The number of carboxylic acid groups (broad SMARTS) is 1. The van der Waals surface area contributed by atoms with Crippen molar-refractivity contribution in [2.24, 2.45) is 0 Å². The van der Waals surface area contributed by atoms with Gasteiger partial charge in [0.2, 0.25) is 5.79 Å². The van der Waals surface area contributed by atoms with E-state index in [9.17, 15) is 34.8 Å². The van der Waals surface area contributed by atoms with Crippen molar-refractivity contribution in [3.05, 3.63) is 40.5 Å². The molecule has 5 atom stereocenters. The summed E-state index contributed by atoms with van der Waals surface area (Å²) in [6.07, 6.45) is -5.39. The summed E-state index contributed by atoms with van der Waals surface area (Å²) in [5.74, 6) is -5.15. The lowest BCUT2D eigenvalue weighted by Gasteiger charge is -2.51. The smallest absolute Gasteiger partial charge is 0.305 e. The second-order valence-electron chi connectivity index (χ2n) is 7.60. The van der Waals surface area contributed by atoms with Crippen molar-refractivity contribution < 1.29 is 44.3 Å². The molecule has 1 aliphatic carbocycles. The molecule has 0 amide bonds. The van der Waals surface area contributed by atoms with Crippen LogP contribution in [-0.4, -0.2) is 68.2 Å². The van der Waals surface area contributed by atoms with Gasteiger partial charge in [0.15, 0.2) is 11.6 Å². The number of hydrogen-bond donors (Lipinski definition) is 4. The maximum Gasteiger partial charge on any atom is 0.305 e. The number of carboxylic acids is 1. The number of Topliss-reactive ketones (excluding diaryl/α,β-unsaturated/α-hetero) is 2. The van der Waals surface area contributed by atoms with Crippen LogP contribution in [0, 0.1) is 0 Å². The van der Waals surface area contributed by atoms with Crippen LogP contribution in [0.15, 0.2) is 29.3 Å². The highest BCUT2D eigenvalue weighted by atomic mass is 16.7. The molecule has 9 nitrogen and oxygen atoms in total. The lowest BCUT2D eigenvalue weighted by molar-refractivity contribution is -0.333. The van der Waals surface area contributed by atoms with E-state index >= 15 is 0 Å². The van der Waals surface area contributed by atoms with Gasteiger partial charge in [0.1, 0.15) is 11.9 Å². The second kappa shape index (κ2) is 6.74. The lowest BCUT2D eigenvalue weighted by Crippen LogP contribution is -2.64. The number of rotatable bonds is 2. The molecule has 0 bridgehead atoms. The fourth-order valence-corrected chi connectivity index (χ4v) is 4.40. The van der Waals surface area contributed by atoms with Crippen LogP contribution in [0.5, 0.6) is 5.75 Å². The zero-order chi connectivity index (χ0) is 21.1. The predicted molar refractivity (Wildman–Crippen MR) is 95.4 cm³/mol. The van der Waals surface area contributed by atoms with E-state index in [0.717, 1.165) is 0 Å². The van der Waals surface area contributed by atoms with Crippen LogP contribution in [0.3, 0.4) is 0 Å². The Morgan fingerprint density at radius 2 is 1.93 bits per heavy atom. The highest BCUT2D eigenvalue weighted by molar-refractivity contribution is 6.28. The van der Waals surface area contributed by atoms with E-state index < -0.39 is 59.9 Å². The molecule has 0 radical (unpaired) electrons. The molecular weight excluding hydrogens is 384 g/mol. The summed E-state index contributed by atoms with van der Waals surface area (Å²) in [5.41, 5.74) is -0.583. The van der Waals surface area contributed by atoms with Gasteiger partial charge >= 0.3 is 5.97 Å². The number of benzene rings is 1. The minimum absolute atomic E-state index is 0.0150. The molecule has 0 saturated carbocycles. The monoisotopic (exact) mass is 404 g/mol. The highest BCUT2D eigenvalue weighted by Crippen LogP contribution is 2.48. The van der Waals surface area contributed by atoms with Crippen LogP contribution < -0.4 is 0 Å². The van der Waals surface area contributed by atoms with Gasteiger partial charge in [-0.25, -0.2) is 0 Å². The van der Waals surface area contributed by atoms with Crippen LogP contribution >= 0.6 is 0 Å². The molecule has 1 aromatic carbocycles. The first-order valence-electron chi connectivity index (χ1n) is 9.24. The number of aliphatic carboxylic acids is 1. The maximum absolute atomic E-state index is 13.3. The molecule has 1 spiro atoms. The topological polar surface area (TPSA) is 151 Å². The number of ether oxygens (including phenoxy) is 2. The average Bonchev–Trinajstić information content (AvgIpc) is 2.63. The molecule has 1 saturated heterocycles. The van der Waals surface area contributed by atoms with Crippen molar-refractivity contribution in [1.29, 1.82) is 0 Å². The number of phenols is 1. The second-order valence-corrected chi connectivity index (χ2v) is 7.60. The Bertz CT molecular complexity index is 949. The standard InChI is InChI=1S/C20H20O9/c1-8-5-13(22)19(27)20(28-8)16-11(6-9(29-20)7-14(23)24)17(25)10-3-2-4-12(21)15(10)18(16)26/h2-4,8-9,13,19,21-22,27H,5-7H2,1H3,(H,23,24)/t8-,9+,13-,19-,20-/m0/s1. The van der Waals surface area contributed by atoms with Gasteiger partial charge in [0.05, 0.1) is 35.9 Å². The van der Waals surface area contributed by atoms with Crippen molar-refractivity contribution in [2.75, 3.05) is 0 Å². The summed E-state index contributed by atoms with van der Waals surface area (Å²) in [6, 6.07) is 4.07. The average molecular weight is 404 g/mol. The molecule has 0 unspecified atom stereocenters. The summed E-state index contributed by atoms with van der Waals surface area (Å²) in [6.45, 7) is 1.60. The van der Waals surface area contributed by atoms with E-state index in [-0.39, 0.29) is 35.1 Å². The Hall–Kier alpha value is -2.59. The third-order valence-electron chi connectivity index (χ3n) is 5.54. The number of fused-ring (bicyclic) bond motifs is 2. The number of carbonyl (C=O) groups is 3. The maximum atomic E-state index is 13.3. The van der Waals surface area contributed by atoms with E-state index in [1.807, 2.05) is 0 Å². The van der Waals surface area contributed by atoms with E-state index in [4.69, 9.17) is 9.47 Å². The van der Waals surface area contributed by atoms with E-state index in [1.54, 1.807) is 6.92 Å². The molecule has 2 aliphatic heterocycles. The number of aromatic hydroxyl groups is 1. The molecule has 1 aromatic rings. The molecule has 3 aliphatic rings. The Labute approximate surface area is 165 Å². The normalized spacial score (nSPS) is 34.2. The van der Waals surface area contributed by atoms with Gasteiger partial charge in [-0.15, -0.1) is 0 Å².